The Balaban J connectivity index is 2.38. The van der Waals surface area contributed by atoms with E-state index in [9.17, 15) is 4.79 Å². The number of aromatic nitrogens is 2. The summed E-state index contributed by atoms with van der Waals surface area (Å²) in [7, 11) is 1.61. The summed E-state index contributed by atoms with van der Waals surface area (Å²) in [5, 5.41) is 0. The van der Waals surface area contributed by atoms with E-state index < -0.39 is 0 Å². The minimum atomic E-state index is 0.00276. The first-order valence-corrected chi connectivity index (χ1v) is 5.39. The lowest BCUT2D eigenvalue weighted by Crippen LogP contribution is -2.28. The third-order valence-electron chi connectivity index (χ3n) is 2.78. The van der Waals surface area contributed by atoms with Crippen LogP contribution in [-0.2, 0) is 17.8 Å². The first-order valence-electron chi connectivity index (χ1n) is 5.39. The van der Waals surface area contributed by atoms with E-state index in [1.54, 1.807) is 13.3 Å². The zero-order valence-electron chi connectivity index (χ0n) is 9.91. The molecule has 0 spiro atoms. The molecule has 0 aliphatic heterocycles. The molecule has 1 aliphatic rings. The maximum absolute atomic E-state index is 11.9. The molecule has 0 saturated carbocycles. The van der Waals surface area contributed by atoms with Gasteiger partial charge in [-0.25, -0.2) is 9.97 Å². The van der Waals surface area contributed by atoms with Crippen molar-refractivity contribution in [3.63, 3.8) is 0 Å². The second kappa shape index (κ2) is 3.94. The van der Waals surface area contributed by atoms with E-state index in [-0.39, 0.29) is 11.2 Å². The Kier molecular flexibility index (Phi) is 2.76. The Morgan fingerprint density at radius 3 is 2.88 bits per heavy atom. The SMILES string of the molecule is COCc1ncc2c(n1)CC(C)(C)CC2=O. The molecule has 0 bridgehead atoms. The minimum absolute atomic E-state index is 0.00276. The molecule has 0 atom stereocenters. The van der Waals surface area contributed by atoms with Gasteiger partial charge >= 0.3 is 0 Å². The quantitative estimate of drug-likeness (QED) is 0.762. The van der Waals surface area contributed by atoms with Crippen molar-refractivity contribution in [2.75, 3.05) is 7.11 Å². The lowest BCUT2D eigenvalue weighted by molar-refractivity contribution is 0.0908. The molecule has 1 heterocycles. The fourth-order valence-corrected chi connectivity index (χ4v) is 2.07. The molecule has 1 aromatic rings. The number of fused-ring (bicyclic) bond motifs is 1. The molecule has 0 aromatic carbocycles. The summed E-state index contributed by atoms with van der Waals surface area (Å²) < 4.78 is 4.99. The van der Waals surface area contributed by atoms with Crippen LogP contribution in [-0.4, -0.2) is 22.9 Å². The monoisotopic (exact) mass is 220 g/mol. The summed E-state index contributed by atoms with van der Waals surface area (Å²) in [6.45, 7) is 4.57. The minimum Gasteiger partial charge on any atom is -0.377 e. The Morgan fingerprint density at radius 2 is 2.19 bits per heavy atom. The average Bonchev–Trinajstić information content (AvgIpc) is 2.15. The lowest BCUT2D eigenvalue weighted by Gasteiger charge is -2.29. The van der Waals surface area contributed by atoms with Crippen molar-refractivity contribution in [1.82, 2.24) is 9.97 Å². The number of Topliss-reactive ketones (excluding diaryl/α,β-unsaturated/α-hetero) is 1. The van der Waals surface area contributed by atoms with E-state index in [0.29, 0.717) is 24.4 Å². The number of hydrogen-bond acceptors (Lipinski definition) is 4. The molecule has 0 saturated heterocycles. The van der Waals surface area contributed by atoms with Gasteiger partial charge in [0, 0.05) is 19.7 Å². The maximum atomic E-state index is 11.9. The van der Waals surface area contributed by atoms with E-state index in [4.69, 9.17) is 4.74 Å². The van der Waals surface area contributed by atoms with E-state index in [2.05, 4.69) is 23.8 Å². The van der Waals surface area contributed by atoms with E-state index >= 15 is 0 Å². The van der Waals surface area contributed by atoms with Crippen LogP contribution in [0.3, 0.4) is 0 Å². The normalized spacial score (nSPS) is 18.3. The molecule has 0 amide bonds. The van der Waals surface area contributed by atoms with Crippen molar-refractivity contribution in [3.8, 4) is 0 Å². The standard InChI is InChI=1S/C12H16N2O2/c1-12(2)4-9-8(10(15)5-12)6-13-11(14-9)7-16-3/h6H,4-5,7H2,1-3H3. The molecule has 0 radical (unpaired) electrons. The van der Waals surface area contributed by atoms with Crippen LogP contribution in [0.5, 0.6) is 0 Å². The summed E-state index contributed by atoms with van der Waals surface area (Å²) in [6.07, 6.45) is 3.04. The van der Waals surface area contributed by atoms with Gasteiger partial charge in [-0.3, -0.25) is 4.79 Å². The van der Waals surface area contributed by atoms with Gasteiger partial charge in [0.25, 0.3) is 0 Å². The zero-order chi connectivity index (χ0) is 11.8. The Hall–Kier alpha value is -1.29. The molecule has 4 nitrogen and oxygen atoms in total. The van der Waals surface area contributed by atoms with Gasteiger partial charge in [-0.05, 0) is 11.8 Å². The van der Waals surface area contributed by atoms with Crippen LogP contribution in [0.1, 0.15) is 42.1 Å². The molecule has 86 valence electrons. The third-order valence-corrected chi connectivity index (χ3v) is 2.78. The van der Waals surface area contributed by atoms with Crippen molar-refractivity contribution in [2.24, 2.45) is 5.41 Å². The maximum Gasteiger partial charge on any atom is 0.166 e. The van der Waals surface area contributed by atoms with Gasteiger partial charge in [0.2, 0.25) is 0 Å². The van der Waals surface area contributed by atoms with Crippen molar-refractivity contribution >= 4 is 5.78 Å². The molecular formula is C12H16N2O2. The van der Waals surface area contributed by atoms with Crippen LogP contribution < -0.4 is 0 Å². The zero-order valence-corrected chi connectivity index (χ0v) is 9.91. The summed E-state index contributed by atoms with van der Waals surface area (Å²) in [4.78, 5) is 20.4. The number of hydrogen-bond donors (Lipinski definition) is 0. The van der Waals surface area contributed by atoms with Crippen molar-refractivity contribution in [1.29, 1.82) is 0 Å². The van der Waals surface area contributed by atoms with Gasteiger partial charge in [-0.15, -0.1) is 0 Å². The van der Waals surface area contributed by atoms with Crippen molar-refractivity contribution in [2.45, 2.75) is 33.3 Å². The summed E-state index contributed by atoms with van der Waals surface area (Å²) >= 11 is 0. The second-order valence-electron chi connectivity index (χ2n) is 5.02. The highest BCUT2D eigenvalue weighted by Gasteiger charge is 2.32. The van der Waals surface area contributed by atoms with E-state index in [1.807, 2.05) is 0 Å². The fourth-order valence-electron chi connectivity index (χ4n) is 2.07. The largest absolute Gasteiger partial charge is 0.377 e. The number of carbonyl (C=O) groups excluding carboxylic acids is 1. The van der Waals surface area contributed by atoms with Crippen molar-refractivity contribution in [3.05, 3.63) is 23.3 Å². The highest BCUT2D eigenvalue weighted by molar-refractivity contribution is 5.98. The van der Waals surface area contributed by atoms with Crippen LogP contribution in [0.2, 0.25) is 0 Å². The number of rotatable bonds is 2. The smallest absolute Gasteiger partial charge is 0.166 e. The Bertz CT molecular complexity index is 427. The van der Waals surface area contributed by atoms with Gasteiger partial charge in [0.1, 0.15) is 6.61 Å². The predicted molar refractivity (Wildman–Crippen MR) is 59.2 cm³/mol. The van der Waals surface area contributed by atoms with Crippen LogP contribution in [0.4, 0.5) is 0 Å². The van der Waals surface area contributed by atoms with Gasteiger partial charge < -0.3 is 4.74 Å². The number of ketones is 1. The summed E-state index contributed by atoms with van der Waals surface area (Å²) in [6, 6.07) is 0. The highest BCUT2D eigenvalue weighted by atomic mass is 16.5. The topological polar surface area (TPSA) is 52.1 Å². The predicted octanol–water partition coefficient (Wildman–Crippen LogP) is 1.78. The van der Waals surface area contributed by atoms with E-state index in [1.165, 1.54) is 0 Å². The first kappa shape index (κ1) is 11.2. The van der Waals surface area contributed by atoms with Crippen LogP contribution in [0.15, 0.2) is 6.20 Å². The molecule has 0 N–H and O–H groups in total. The molecule has 16 heavy (non-hydrogen) atoms. The second-order valence-corrected chi connectivity index (χ2v) is 5.02. The lowest BCUT2D eigenvalue weighted by atomic mass is 9.76. The Morgan fingerprint density at radius 1 is 1.44 bits per heavy atom. The Labute approximate surface area is 95.1 Å². The van der Waals surface area contributed by atoms with Crippen molar-refractivity contribution < 1.29 is 9.53 Å². The van der Waals surface area contributed by atoms with Crippen LogP contribution in [0, 0.1) is 5.41 Å². The van der Waals surface area contributed by atoms with Crippen LogP contribution >= 0.6 is 0 Å². The molecule has 4 heteroatoms. The molecule has 1 aromatic heterocycles. The third kappa shape index (κ3) is 2.11. The number of nitrogens with zero attached hydrogens (tertiary/aromatic N) is 2. The first-order chi connectivity index (χ1) is 7.52. The summed E-state index contributed by atoms with van der Waals surface area (Å²) in [5.41, 5.74) is 1.55. The molecule has 0 fully saturated rings. The molecular weight excluding hydrogens is 204 g/mol. The fraction of sp³-hybridized carbons (Fsp3) is 0.583. The van der Waals surface area contributed by atoms with E-state index in [0.717, 1.165) is 12.1 Å². The number of ether oxygens (including phenoxy) is 1. The molecule has 0 unspecified atom stereocenters. The van der Waals surface area contributed by atoms with Gasteiger partial charge in [0.15, 0.2) is 11.6 Å². The van der Waals surface area contributed by atoms with Gasteiger partial charge in [-0.2, -0.15) is 0 Å². The van der Waals surface area contributed by atoms with Crippen LogP contribution in [0.25, 0.3) is 0 Å². The average molecular weight is 220 g/mol. The number of methoxy groups -OCH3 is 1. The van der Waals surface area contributed by atoms with Gasteiger partial charge in [0.05, 0.1) is 11.3 Å². The highest BCUT2D eigenvalue weighted by Crippen LogP contribution is 2.33. The molecule has 2 rings (SSSR count). The summed E-state index contributed by atoms with van der Waals surface area (Å²) in [5.74, 6) is 0.793. The molecule has 1 aliphatic carbocycles. The van der Waals surface area contributed by atoms with Gasteiger partial charge in [-0.1, -0.05) is 13.8 Å². The number of carbonyl (C=O) groups is 1.